The molecule has 0 aliphatic rings. The van der Waals surface area contributed by atoms with Crippen LogP contribution in [0.15, 0.2) is 28.1 Å². The third-order valence-electron chi connectivity index (χ3n) is 2.80. The van der Waals surface area contributed by atoms with Crippen molar-refractivity contribution in [2.75, 3.05) is 12.4 Å². The van der Waals surface area contributed by atoms with Gasteiger partial charge in [0.2, 0.25) is 0 Å². The number of aromatic nitrogens is 1. The van der Waals surface area contributed by atoms with E-state index in [-0.39, 0.29) is 5.97 Å². The molecule has 0 atom stereocenters. The van der Waals surface area contributed by atoms with Crippen LogP contribution in [-0.4, -0.2) is 18.1 Å². The SMILES string of the molecule is COC(=O)CCc1csc(Nc2cccc(C)c2Br)n1. The molecular formula is C14H15BrN2O2S. The molecule has 1 aromatic heterocycles. The Kier molecular flexibility index (Phi) is 5.14. The van der Waals surface area contributed by atoms with Crippen molar-refractivity contribution < 1.29 is 9.53 Å². The Morgan fingerprint density at radius 2 is 2.30 bits per heavy atom. The van der Waals surface area contributed by atoms with Crippen LogP contribution >= 0.6 is 27.3 Å². The number of nitrogens with zero attached hydrogens (tertiary/aromatic N) is 1. The van der Waals surface area contributed by atoms with Gasteiger partial charge in [0.15, 0.2) is 5.13 Å². The normalized spacial score (nSPS) is 10.3. The van der Waals surface area contributed by atoms with Gasteiger partial charge in [-0.25, -0.2) is 4.98 Å². The standard InChI is InChI=1S/C14H15BrN2O2S/c1-9-4-3-5-11(13(9)15)17-14-16-10(8-20-14)6-7-12(18)19-2/h3-5,8H,6-7H2,1-2H3,(H,16,17). The number of aryl methyl sites for hydroxylation is 2. The quantitative estimate of drug-likeness (QED) is 0.822. The second kappa shape index (κ2) is 6.85. The van der Waals surface area contributed by atoms with Crippen LogP contribution in [0.3, 0.4) is 0 Å². The number of carbonyl (C=O) groups is 1. The van der Waals surface area contributed by atoms with Crippen molar-refractivity contribution in [1.29, 1.82) is 0 Å². The van der Waals surface area contributed by atoms with E-state index in [0.717, 1.165) is 26.5 Å². The molecule has 4 nitrogen and oxygen atoms in total. The molecule has 0 saturated heterocycles. The number of methoxy groups -OCH3 is 1. The number of hydrogen-bond donors (Lipinski definition) is 1. The van der Waals surface area contributed by atoms with Crippen molar-refractivity contribution in [2.24, 2.45) is 0 Å². The molecule has 20 heavy (non-hydrogen) atoms. The molecule has 0 saturated carbocycles. The van der Waals surface area contributed by atoms with Gasteiger partial charge in [-0.2, -0.15) is 0 Å². The highest BCUT2D eigenvalue weighted by Crippen LogP contribution is 2.30. The Morgan fingerprint density at radius 3 is 3.05 bits per heavy atom. The van der Waals surface area contributed by atoms with Gasteiger partial charge < -0.3 is 10.1 Å². The summed E-state index contributed by atoms with van der Waals surface area (Å²) in [7, 11) is 1.39. The first kappa shape index (κ1) is 15.0. The fraction of sp³-hybridized carbons (Fsp3) is 0.286. The predicted octanol–water partition coefficient (Wildman–Crippen LogP) is 4.06. The molecule has 106 valence electrons. The minimum absolute atomic E-state index is 0.214. The van der Waals surface area contributed by atoms with Gasteiger partial charge in [-0.05, 0) is 34.5 Å². The molecule has 0 bridgehead atoms. The number of carbonyl (C=O) groups excluding carboxylic acids is 1. The average molecular weight is 355 g/mol. The second-order valence-electron chi connectivity index (χ2n) is 4.28. The summed E-state index contributed by atoms with van der Waals surface area (Å²) in [6.07, 6.45) is 0.952. The minimum atomic E-state index is -0.214. The lowest BCUT2D eigenvalue weighted by Crippen LogP contribution is -2.02. The number of benzene rings is 1. The lowest BCUT2D eigenvalue weighted by molar-refractivity contribution is -0.140. The van der Waals surface area contributed by atoms with Gasteiger partial charge in [-0.15, -0.1) is 11.3 Å². The fourth-order valence-electron chi connectivity index (χ4n) is 1.67. The summed E-state index contributed by atoms with van der Waals surface area (Å²) in [6.45, 7) is 2.04. The lowest BCUT2D eigenvalue weighted by Gasteiger charge is -2.07. The van der Waals surface area contributed by atoms with Crippen LogP contribution in [-0.2, 0) is 16.0 Å². The van der Waals surface area contributed by atoms with E-state index >= 15 is 0 Å². The van der Waals surface area contributed by atoms with Crippen LogP contribution in [0, 0.1) is 6.92 Å². The maximum Gasteiger partial charge on any atom is 0.305 e. The summed E-state index contributed by atoms with van der Waals surface area (Å²) in [5.41, 5.74) is 3.04. The lowest BCUT2D eigenvalue weighted by atomic mass is 10.2. The van der Waals surface area contributed by atoms with E-state index in [1.165, 1.54) is 18.4 Å². The number of halogens is 1. The molecule has 1 heterocycles. The van der Waals surface area contributed by atoms with E-state index in [1.54, 1.807) is 0 Å². The first-order chi connectivity index (χ1) is 9.60. The molecule has 2 rings (SSSR count). The Hall–Kier alpha value is -1.40. The van der Waals surface area contributed by atoms with E-state index in [1.807, 2.05) is 30.5 Å². The van der Waals surface area contributed by atoms with Crippen LogP contribution < -0.4 is 5.32 Å². The predicted molar refractivity (Wildman–Crippen MR) is 84.6 cm³/mol. The van der Waals surface area contributed by atoms with E-state index in [9.17, 15) is 4.79 Å². The van der Waals surface area contributed by atoms with Gasteiger partial charge in [0.05, 0.1) is 24.9 Å². The summed E-state index contributed by atoms with van der Waals surface area (Å²) >= 11 is 5.08. The van der Waals surface area contributed by atoms with Crippen molar-refractivity contribution in [3.63, 3.8) is 0 Å². The van der Waals surface area contributed by atoms with Gasteiger partial charge >= 0.3 is 5.97 Å². The van der Waals surface area contributed by atoms with Crippen LogP contribution in [0.1, 0.15) is 17.7 Å². The molecular weight excluding hydrogens is 340 g/mol. The highest BCUT2D eigenvalue weighted by molar-refractivity contribution is 9.10. The molecule has 0 spiro atoms. The van der Waals surface area contributed by atoms with Gasteiger partial charge in [0.25, 0.3) is 0 Å². The average Bonchev–Trinajstić information content (AvgIpc) is 2.89. The Labute approximate surface area is 130 Å². The molecule has 0 aliphatic heterocycles. The van der Waals surface area contributed by atoms with Gasteiger partial charge in [0.1, 0.15) is 0 Å². The third kappa shape index (κ3) is 3.80. The van der Waals surface area contributed by atoms with Crippen LogP contribution in [0.4, 0.5) is 10.8 Å². The van der Waals surface area contributed by atoms with Crippen molar-refractivity contribution in [3.8, 4) is 0 Å². The molecule has 2 aromatic rings. The van der Waals surface area contributed by atoms with Gasteiger partial charge in [0, 0.05) is 16.3 Å². The molecule has 0 amide bonds. The maximum absolute atomic E-state index is 11.1. The molecule has 1 aromatic carbocycles. The van der Waals surface area contributed by atoms with E-state index in [2.05, 4.69) is 31.0 Å². The first-order valence-electron chi connectivity index (χ1n) is 6.13. The molecule has 1 N–H and O–H groups in total. The van der Waals surface area contributed by atoms with E-state index in [4.69, 9.17) is 0 Å². The van der Waals surface area contributed by atoms with Crippen molar-refractivity contribution in [2.45, 2.75) is 19.8 Å². The number of anilines is 2. The summed E-state index contributed by atoms with van der Waals surface area (Å²) < 4.78 is 5.65. The zero-order valence-electron chi connectivity index (χ0n) is 11.3. The first-order valence-corrected chi connectivity index (χ1v) is 7.80. The molecule has 6 heteroatoms. The zero-order chi connectivity index (χ0) is 14.5. The Bertz CT molecular complexity index is 613. The number of esters is 1. The number of hydrogen-bond acceptors (Lipinski definition) is 5. The molecule has 0 fully saturated rings. The third-order valence-corrected chi connectivity index (χ3v) is 4.66. The van der Waals surface area contributed by atoms with Gasteiger partial charge in [-0.3, -0.25) is 4.79 Å². The number of nitrogens with one attached hydrogen (secondary N) is 1. The minimum Gasteiger partial charge on any atom is -0.469 e. The number of ether oxygens (including phenoxy) is 1. The monoisotopic (exact) mass is 354 g/mol. The molecule has 0 radical (unpaired) electrons. The molecule has 0 unspecified atom stereocenters. The van der Waals surface area contributed by atoms with Crippen LogP contribution in [0.2, 0.25) is 0 Å². The van der Waals surface area contributed by atoms with Crippen molar-refractivity contribution in [1.82, 2.24) is 4.98 Å². The highest BCUT2D eigenvalue weighted by Gasteiger charge is 2.08. The number of thiazole rings is 1. The largest absolute Gasteiger partial charge is 0.469 e. The van der Waals surface area contributed by atoms with E-state index < -0.39 is 0 Å². The number of rotatable bonds is 5. The van der Waals surface area contributed by atoms with Crippen molar-refractivity contribution in [3.05, 3.63) is 39.3 Å². The summed E-state index contributed by atoms with van der Waals surface area (Å²) in [5.74, 6) is -0.214. The van der Waals surface area contributed by atoms with Crippen LogP contribution in [0.5, 0.6) is 0 Å². The Balaban J connectivity index is 2.02. The van der Waals surface area contributed by atoms with Gasteiger partial charge in [-0.1, -0.05) is 12.1 Å². The fourth-order valence-corrected chi connectivity index (χ4v) is 2.79. The topological polar surface area (TPSA) is 51.2 Å². The summed E-state index contributed by atoms with van der Waals surface area (Å²) in [4.78, 5) is 15.6. The summed E-state index contributed by atoms with van der Waals surface area (Å²) in [6, 6.07) is 6.03. The smallest absolute Gasteiger partial charge is 0.305 e. The highest BCUT2D eigenvalue weighted by atomic mass is 79.9. The maximum atomic E-state index is 11.1. The van der Waals surface area contributed by atoms with Crippen molar-refractivity contribution >= 4 is 44.1 Å². The molecule has 0 aliphatic carbocycles. The van der Waals surface area contributed by atoms with E-state index in [0.29, 0.717) is 12.8 Å². The van der Waals surface area contributed by atoms with Crippen LogP contribution in [0.25, 0.3) is 0 Å². The Morgan fingerprint density at radius 1 is 1.50 bits per heavy atom. The second-order valence-corrected chi connectivity index (χ2v) is 5.93. The zero-order valence-corrected chi connectivity index (χ0v) is 13.7. The summed E-state index contributed by atoms with van der Waals surface area (Å²) in [5, 5.41) is 6.05.